The number of benzene rings is 1. The molecule has 1 aliphatic rings. The predicted octanol–water partition coefficient (Wildman–Crippen LogP) is 2.93. The maximum atomic E-state index is 13.1. The van der Waals surface area contributed by atoms with Crippen molar-refractivity contribution in [2.24, 2.45) is 5.92 Å². The SMILES string of the molecule is CCNC(=O)CN(CC1CC1)c1ccc(C#N)c(C(F)(F)F)c1. The molecule has 1 aromatic carbocycles. The number of likely N-dealkylation sites (N-methyl/N-ethyl adjacent to an activating group) is 1. The van der Waals surface area contributed by atoms with Gasteiger partial charge in [-0.1, -0.05) is 0 Å². The fourth-order valence-electron chi connectivity index (χ4n) is 2.36. The number of rotatable bonds is 6. The van der Waals surface area contributed by atoms with Crippen LogP contribution in [0.25, 0.3) is 0 Å². The molecule has 0 saturated heterocycles. The van der Waals surface area contributed by atoms with Gasteiger partial charge in [-0.15, -0.1) is 0 Å². The van der Waals surface area contributed by atoms with Crippen LogP contribution in [0.4, 0.5) is 18.9 Å². The molecule has 1 aliphatic carbocycles. The van der Waals surface area contributed by atoms with E-state index >= 15 is 0 Å². The van der Waals surface area contributed by atoms with Crippen LogP contribution in [0, 0.1) is 17.2 Å². The van der Waals surface area contributed by atoms with Crippen LogP contribution in [0.3, 0.4) is 0 Å². The van der Waals surface area contributed by atoms with Gasteiger partial charge in [0.05, 0.1) is 23.7 Å². The molecule has 0 aliphatic heterocycles. The quantitative estimate of drug-likeness (QED) is 0.875. The highest BCUT2D eigenvalue weighted by Crippen LogP contribution is 2.36. The van der Waals surface area contributed by atoms with Crippen LogP contribution in [0.1, 0.15) is 30.9 Å². The van der Waals surface area contributed by atoms with E-state index in [1.165, 1.54) is 6.07 Å². The van der Waals surface area contributed by atoms with E-state index in [-0.39, 0.29) is 12.5 Å². The van der Waals surface area contributed by atoms with Gasteiger partial charge in [0.25, 0.3) is 0 Å². The van der Waals surface area contributed by atoms with Crippen LogP contribution in [-0.2, 0) is 11.0 Å². The molecule has 1 N–H and O–H groups in total. The van der Waals surface area contributed by atoms with E-state index in [0.29, 0.717) is 24.7 Å². The number of alkyl halides is 3. The highest BCUT2D eigenvalue weighted by Gasteiger charge is 2.35. The van der Waals surface area contributed by atoms with Crippen molar-refractivity contribution >= 4 is 11.6 Å². The summed E-state index contributed by atoms with van der Waals surface area (Å²) in [5, 5.41) is 11.5. The summed E-state index contributed by atoms with van der Waals surface area (Å²) in [5.41, 5.74) is -1.06. The molecule has 4 nitrogen and oxygen atoms in total. The predicted molar refractivity (Wildman–Crippen MR) is 79.8 cm³/mol. The molecule has 1 saturated carbocycles. The fraction of sp³-hybridized carbons (Fsp3) is 0.500. The number of hydrogen-bond donors (Lipinski definition) is 1. The van der Waals surface area contributed by atoms with Gasteiger partial charge in [0, 0.05) is 18.8 Å². The maximum absolute atomic E-state index is 13.1. The number of halogens is 3. The second-order valence-corrected chi connectivity index (χ2v) is 5.62. The average molecular weight is 325 g/mol. The summed E-state index contributed by atoms with van der Waals surface area (Å²) >= 11 is 0. The van der Waals surface area contributed by atoms with Crippen LogP contribution < -0.4 is 10.2 Å². The third-order valence-electron chi connectivity index (χ3n) is 3.68. The number of anilines is 1. The maximum Gasteiger partial charge on any atom is 0.417 e. The number of nitriles is 1. The molecule has 1 aromatic rings. The standard InChI is InChI=1S/C16H18F3N3O/c1-2-21-15(23)10-22(9-11-3-4-11)13-6-5-12(8-20)14(7-13)16(17,18)19/h5-7,11H,2-4,9-10H2,1H3,(H,21,23). The third-order valence-corrected chi connectivity index (χ3v) is 3.68. The zero-order valence-electron chi connectivity index (χ0n) is 12.8. The van der Waals surface area contributed by atoms with Crippen molar-refractivity contribution in [2.45, 2.75) is 25.9 Å². The van der Waals surface area contributed by atoms with Gasteiger partial charge in [-0.05, 0) is 43.9 Å². The molecule has 124 valence electrons. The smallest absolute Gasteiger partial charge is 0.362 e. The Morgan fingerprint density at radius 2 is 2.13 bits per heavy atom. The Morgan fingerprint density at radius 3 is 2.65 bits per heavy atom. The lowest BCUT2D eigenvalue weighted by Gasteiger charge is -2.25. The van der Waals surface area contributed by atoms with E-state index < -0.39 is 17.3 Å². The third kappa shape index (κ3) is 4.62. The Bertz CT molecular complexity index is 618. The molecule has 0 radical (unpaired) electrons. The monoisotopic (exact) mass is 325 g/mol. The molecule has 23 heavy (non-hydrogen) atoms. The number of hydrogen-bond acceptors (Lipinski definition) is 3. The molecule has 0 bridgehead atoms. The zero-order chi connectivity index (χ0) is 17.0. The van der Waals surface area contributed by atoms with Crippen molar-refractivity contribution in [2.75, 3.05) is 24.5 Å². The van der Waals surface area contributed by atoms with E-state index in [2.05, 4.69) is 5.32 Å². The molecule has 2 rings (SSSR count). The van der Waals surface area contributed by atoms with Crippen LogP contribution in [0.2, 0.25) is 0 Å². The van der Waals surface area contributed by atoms with E-state index in [9.17, 15) is 18.0 Å². The molecule has 0 unspecified atom stereocenters. The summed E-state index contributed by atoms with van der Waals surface area (Å²) in [6, 6.07) is 5.15. The molecule has 0 aromatic heterocycles. The Balaban J connectivity index is 2.30. The van der Waals surface area contributed by atoms with Crippen LogP contribution >= 0.6 is 0 Å². The zero-order valence-corrected chi connectivity index (χ0v) is 12.8. The normalized spacial score (nSPS) is 14.2. The number of carbonyl (C=O) groups is 1. The Hall–Kier alpha value is -2.23. The van der Waals surface area contributed by atoms with Crippen LogP contribution in [-0.4, -0.2) is 25.5 Å². The first-order chi connectivity index (χ1) is 10.8. The molecule has 7 heteroatoms. The highest BCUT2D eigenvalue weighted by molar-refractivity contribution is 5.81. The Morgan fingerprint density at radius 1 is 1.43 bits per heavy atom. The number of carbonyl (C=O) groups excluding carboxylic acids is 1. The minimum atomic E-state index is -4.60. The van der Waals surface area contributed by atoms with E-state index in [0.717, 1.165) is 25.0 Å². The van der Waals surface area contributed by atoms with Crippen molar-refractivity contribution in [3.63, 3.8) is 0 Å². The topological polar surface area (TPSA) is 56.1 Å². The minimum absolute atomic E-state index is 0.00748. The van der Waals surface area contributed by atoms with Gasteiger partial charge in [0.2, 0.25) is 5.91 Å². The minimum Gasteiger partial charge on any atom is -0.362 e. The van der Waals surface area contributed by atoms with Crippen molar-refractivity contribution in [3.8, 4) is 6.07 Å². The van der Waals surface area contributed by atoms with Gasteiger partial charge in [-0.3, -0.25) is 4.79 Å². The first-order valence-corrected chi connectivity index (χ1v) is 7.48. The Kier molecular flexibility index (Phi) is 5.14. The molecular weight excluding hydrogens is 307 g/mol. The summed E-state index contributed by atoms with van der Waals surface area (Å²) in [7, 11) is 0. The molecule has 0 atom stereocenters. The van der Waals surface area contributed by atoms with Crippen molar-refractivity contribution in [3.05, 3.63) is 29.3 Å². The summed E-state index contributed by atoms with van der Waals surface area (Å²) in [6.07, 6.45) is -2.55. The molecule has 1 amide bonds. The lowest BCUT2D eigenvalue weighted by Crippen LogP contribution is -2.38. The van der Waals surface area contributed by atoms with Gasteiger partial charge < -0.3 is 10.2 Å². The molecule has 1 fully saturated rings. The van der Waals surface area contributed by atoms with Gasteiger partial charge in [-0.25, -0.2) is 0 Å². The summed E-state index contributed by atoms with van der Waals surface area (Å²) < 4.78 is 39.3. The average Bonchev–Trinajstić information content (AvgIpc) is 3.29. The van der Waals surface area contributed by atoms with Gasteiger partial charge in [0.1, 0.15) is 0 Å². The fourth-order valence-corrected chi connectivity index (χ4v) is 2.36. The summed E-state index contributed by atoms with van der Waals surface area (Å²) in [6.45, 7) is 2.80. The van der Waals surface area contributed by atoms with E-state index in [4.69, 9.17) is 5.26 Å². The number of nitrogens with zero attached hydrogens (tertiary/aromatic N) is 2. The van der Waals surface area contributed by atoms with E-state index in [1.54, 1.807) is 17.9 Å². The molecule has 0 heterocycles. The van der Waals surface area contributed by atoms with Gasteiger partial charge in [0.15, 0.2) is 0 Å². The van der Waals surface area contributed by atoms with Gasteiger partial charge >= 0.3 is 6.18 Å². The van der Waals surface area contributed by atoms with Crippen LogP contribution in [0.15, 0.2) is 18.2 Å². The van der Waals surface area contributed by atoms with Crippen molar-refractivity contribution in [1.82, 2.24) is 5.32 Å². The van der Waals surface area contributed by atoms with Crippen LogP contribution in [0.5, 0.6) is 0 Å². The van der Waals surface area contributed by atoms with E-state index in [1.807, 2.05) is 0 Å². The van der Waals surface area contributed by atoms with Crippen molar-refractivity contribution < 1.29 is 18.0 Å². The first-order valence-electron chi connectivity index (χ1n) is 7.48. The second-order valence-electron chi connectivity index (χ2n) is 5.62. The Labute approximate surface area is 132 Å². The molecule has 0 spiro atoms. The number of nitrogens with one attached hydrogen (secondary N) is 1. The lowest BCUT2D eigenvalue weighted by atomic mass is 10.1. The summed E-state index contributed by atoms with van der Waals surface area (Å²) in [5.74, 6) is 0.181. The van der Waals surface area contributed by atoms with Crippen molar-refractivity contribution in [1.29, 1.82) is 5.26 Å². The lowest BCUT2D eigenvalue weighted by molar-refractivity contribution is -0.137. The first kappa shape index (κ1) is 17.1. The second kappa shape index (κ2) is 6.90. The number of amides is 1. The highest BCUT2D eigenvalue weighted by atomic mass is 19.4. The largest absolute Gasteiger partial charge is 0.417 e. The molecular formula is C16H18F3N3O. The van der Waals surface area contributed by atoms with Gasteiger partial charge in [-0.2, -0.15) is 18.4 Å². The summed E-state index contributed by atoms with van der Waals surface area (Å²) in [4.78, 5) is 13.5.